The maximum Gasteiger partial charge on any atom is 0.417 e. The normalized spacial score (nSPS) is 11.2. The van der Waals surface area contributed by atoms with Crippen LogP contribution < -0.4 is 10.1 Å². The molecule has 3 aromatic rings. The van der Waals surface area contributed by atoms with Crippen molar-refractivity contribution in [1.82, 2.24) is 0 Å². The molecule has 0 aliphatic heterocycles. The van der Waals surface area contributed by atoms with E-state index in [1.807, 2.05) is 6.07 Å². The summed E-state index contributed by atoms with van der Waals surface area (Å²) in [6.45, 7) is 0. The van der Waals surface area contributed by atoms with Crippen LogP contribution in [0.5, 0.6) is 5.75 Å². The number of carbonyl (C=O) groups excluding carboxylic acids is 1. The lowest BCUT2D eigenvalue weighted by Gasteiger charge is -2.06. The largest absolute Gasteiger partial charge is 0.417 e. The fraction of sp³-hybridized carbons (Fsp3) is 0. The van der Waals surface area contributed by atoms with Crippen LogP contribution in [0, 0.1) is 10.1 Å². The van der Waals surface area contributed by atoms with Gasteiger partial charge in [0.2, 0.25) is 0 Å². The van der Waals surface area contributed by atoms with Crippen molar-refractivity contribution in [1.29, 1.82) is 0 Å². The van der Waals surface area contributed by atoms with E-state index in [2.05, 4.69) is 9.71 Å². The van der Waals surface area contributed by atoms with Gasteiger partial charge >= 0.3 is 6.09 Å². The number of hydrogen-bond acceptors (Lipinski definition) is 6. The average Bonchev–Trinajstić information content (AvgIpc) is 2.74. The Bertz CT molecular complexity index is 1190. The average molecular weight is 425 g/mol. The second kappa shape index (κ2) is 8.97. The summed E-state index contributed by atoms with van der Waals surface area (Å²) in [5.74, 6) is 0.252. The molecule has 3 aromatic carbocycles. The Hall–Kier alpha value is -4.05. The van der Waals surface area contributed by atoms with Gasteiger partial charge < -0.3 is 4.74 Å². The molecule has 1 N–H and O–H groups in total. The van der Waals surface area contributed by atoms with Gasteiger partial charge in [-0.05, 0) is 48.0 Å². The van der Waals surface area contributed by atoms with Gasteiger partial charge in [-0.15, -0.1) is 0 Å². The van der Waals surface area contributed by atoms with Crippen LogP contribution in [-0.4, -0.2) is 25.6 Å². The Balaban J connectivity index is 1.66. The predicted molar refractivity (Wildman–Crippen MR) is 110 cm³/mol. The van der Waals surface area contributed by atoms with Crippen molar-refractivity contribution in [3.8, 4) is 5.75 Å². The molecule has 0 spiro atoms. The molecule has 0 heterocycles. The van der Waals surface area contributed by atoms with Crippen LogP contribution in [0.15, 0.2) is 88.2 Å². The van der Waals surface area contributed by atoms with Gasteiger partial charge in [0, 0.05) is 24.0 Å². The molecule has 0 aliphatic rings. The number of nitrogens with zero attached hydrogens (tertiary/aromatic N) is 2. The molecule has 0 fully saturated rings. The third-order valence-electron chi connectivity index (χ3n) is 3.78. The number of non-ortho nitro benzene ring substituents is 1. The lowest BCUT2D eigenvalue weighted by molar-refractivity contribution is -0.385. The topological polar surface area (TPSA) is 128 Å². The van der Waals surface area contributed by atoms with E-state index in [9.17, 15) is 23.3 Å². The maximum atomic E-state index is 12.3. The highest BCUT2D eigenvalue weighted by atomic mass is 32.2. The van der Waals surface area contributed by atoms with Crippen molar-refractivity contribution >= 4 is 33.7 Å². The number of rotatable bonds is 6. The Labute approximate surface area is 171 Å². The molecule has 0 aromatic heterocycles. The van der Waals surface area contributed by atoms with Gasteiger partial charge in [0.05, 0.1) is 9.82 Å². The third kappa shape index (κ3) is 5.49. The molecule has 1 amide bonds. The zero-order valence-corrected chi connectivity index (χ0v) is 16.2. The minimum Gasteiger partial charge on any atom is -0.410 e. The molecule has 152 valence electrons. The van der Waals surface area contributed by atoms with E-state index < -0.39 is 21.0 Å². The molecule has 30 heavy (non-hydrogen) atoms. The smallest absolute Gasteiger partial charge is 0.410 e. The number of nitro benzene ring substituents is 1. The second-order valence-corrected chi connectivity index (χ2v) is 7.55. The van der Waals surface area contributed by atoms with E-state index in [0.29, 0.717) is 11.3 Å². The minimum atomic E-state index is -4.11. The summed E-state index contributed by atoms with van der Waals surface area (Å²) in [6, 6.07) is 19.4. The third-order valence-corrected chi connectivity index (χ3v) is 5.01. The molecule has 9 nitrogen and oxygen atoms in total. The van der Waals surface area contributed by atoms with E-state index in [1.165, 1.54) is 42.5 Å². The second-order valence-electron chi connectivity index (χ2n) is 5.91. The van der Waals surface area contributed by atoms with E-state index in [1.54, 1.807) is 24.3 Å². The van der Waals surface area contributed by atoms with Crippen LogP contribution in [0.25, 0.3) is 0 Å². The highest BCUT2D eigenvalue weighted by Gasteiger charge is 2.16. The van der Waals surface area contributed by atoms with E-state index >= 15 is 0 Å². The van der Waals surface area contributed by atoms with Crippen molar-refractivity contribution in [2.24, 2.45) is 4.40 Å². The number of anilines is 1. The lowest BCUT2D eigenvalue weighted by Crippen LogP contribution is -2.16. The first kappa shape index (κ1) is 20.7. The highest BCUT2D eigenvalue weighted by molar-refractivity contribution is 7.90. The van der Waals surface area contributed by atoms with Crippen molar-refractivity contribution < 1.29 is 22.9 Å². The summed E-state index contributed by atoms with van der Waals surface area (Å²) in [5, 5.41) is 13.4. The standard InChI is InChI=1S/C20H15N3O6S/c24-20(22-16-5-2-1-3-6-16)29-18-11-9-15(10-12-18)14-21-30(27,28)19-8-4-7-17(13-19)23(25)26/h1-14H,(H,22,24)/b21-14+. The van der Waals surface area contributed by atoms with Gasteiger partial charge in [0.25, 0.3) is 15.7 Å². The SMILES string of the molecule is O=C(Nc1ccccc1)Oc1ccc(/C=N/S(=O)(=O)c2cccc([N+](=O)[O-])c2)cc1. The number of amides is 1. The molecule has 0 radical (unpaired) electrons. The van der Waals surface area contributed by atoms with E-state index in [-0.39, 0.29) is 16.3 Å². The van der Waals surface area contributed by atoms with Gasteiger partial charge in [-0.3, -0.25) is 15.4 Å². The van der Waals surface area contributed by atoms with Crippen LogP contribution in [0.4, 0.5) is 16.2 Å². The summed E-state index contributed by atoms with van der Waals surface area (Å²) < 4.78 is 33.2. The van der Waals surface area contributed by atoms with Gasteiger partial charge in [-0.25, -0.2) is 4.79 Å². The van der Waals surface area contributed by atoms with Crippen molar-refractivity contribution in [2.45, 2.75) is 4.90 Å². The first-order valence-electron chi connectivity index (χ1n) is 8.52. The Morgan fingerprint density at radius 2 is 1.70 bits per heavy atom. The van der Waals surface area contributed by atoms with Crippen molar-refractivity contribution in [3.63, 3.8) is 0 Å². The number of para-hydroxylation sites is 1. The zero-order chi connectivity index (χ0) is 21.6. The molecule has 0 unspecified atom stereocenters. The Morgan fingerprint density at radius 1 is 1.00 bits per heavy atom. The summed E-state index contributed by atoms with van der Waals surface area (Å²) >= 11 is 0. The monoisotopic (exact) mass is 425 g/mol. The van der Waals surface area contributed by atoms with Gasteiger partial charge in [0.1, 0.15) is 5.75 Å². The molecule has 0 bridgehead atoms. The first-order valence-corrected chi connectivity index (χ1v) is 9.96. The summed E-state index contributed by atoms with van der Waals surface area (Å²) in [5.41, 5.74) is 0.666. The van der Waals surface area contributed by atoms with Crippen molar-refractivity contribution in [3.05, 3.63) is 94.5 Å². The first-order chi connectivity index (χ1) is 14.3. The number of nitrogens with one attached hydrogen (secondary N) is 1. The minimum absolute atomic E-state index is 0.252. The van der Waals surface area contributed by atoms with Crippen LogP contribution in [0.3, 0.4) is 0 Å². The molecular weight excluding hydrogens is 410 g/mol. The zero-order valence-electron chi connectivity index (χ0n) is 15.3. The summed E-state index contributed by atoms with van der Waals surface area (Å²) in [7, 11) is -4.11. The van der Waals surface area contributed by atoms with Crippen LogP contribution in [0.2, 0.25) is 0 Å². The van der Waals surface area contributed by atoms with Gasteiger partial charge in [-0.2, -0.15) is 12.8 Å². The maximum absolute atomic E-state index is 12.3. The van der Waals surface area contributed by atoms with Gasteiger partial charge in [-0.1, -0.05) is 24.3 Å². The number of ether oxygens (including phenoxy) is 1. The van der Waals surface area contributed by atoms with Gasteiger partial charge in [0.15, 0.2) is 0 Å². The molecule has 3 rings (SSSR count). The fourth-order valence-electron chi connectivity index (χ4n) is 2.34. The summed E-state index contributed by atoms with van der Waals surface area (Å²) in [6.07, 6.45) is 0.429. The quantitative estimate of drug-likeness (QED) is 0.361. The van der Waals surface area contributed by atoms with Crippen LogP contribution in [0.1, 0.15) is 5.56 Å². The number of sulfonamides is 1. The number of hydrogen-bond donors (Lipinski definition) is 1. The summed E-state index contributed by atoms with van der Waals surface area (Å²) in [4.78, 5) is 21.7. The molecular formula is C20H15N3O6S. The highest BCUT2D eigenvalue weighted by Crippen LogP contribution is 2.19. The fourth-order valence-corrected chi connectivity index (χ4v) is 3.24. The number of benzene rings is 3. The number of carbonyl (C=O) groups is 1. The molecule has 0 aliphatic carbocycles. The number of nitro groups is 1. The van der Waals surface area contributed by atoms with Crippen LogP contribution >= 0.6 is 0 Å². The van der Waals surface area contributed by atoms with E-state index in [4.69, 9.17) is 4.74 Å². The Morgan fingerprint density at radius 3 is 2.37 bits per heavy atom. The molecule has 0 atom stereocenters. The van der Waals surface area contributed by atoms with Crippen molar-refractivity contribution in [2.75, 3.05) is 5.32 Å². The lowest BCUT2D eigenvalue weighted by atomic mass is 10.2. The Kier molecular flexibility index (Phi) is 6.18. The molecule has 10 heteroatoms. The van der Waals surface area contributed by atoms with Crippen LogP contribution in [-0.2, 0) is 10.0 Å². The predicted octanol–water partition coefficient (Wildman–Crippen LogP) is 4.01. The molecule has 0 saturated carbocycles. The van der Waals surface area contributed by atoms with E-state index in [0.717, 1.165) is 12.3 Å². The molecule has 0 saturated heterocycles.